The van der Waals surface area contributed by atoms with Crippen molar-refractivity contribution in [3.63, 3.8) is 0 Å². The molecule has 1 unspecified atom stereocenters. The van der Waals surface area contributed by atoms with Gasteiger partial charge in [0, 0.05) is 12.1 Å². The van der Waals surface area contributed by atoms with Crippen LogP contribution in [0.25, 0.3) is 0 Å². The zero-order valence-corrected chi connectivity index (χ0v) is 10.5. The lowest BCUT2D eigenvalue weighted by Gasteiger charge is -2.35. The molecule has 1 fully saturated rings. The second-order valence-electron chi connectivity index (χ2n) is 4.28. The van der Waals surface area contributed by atoms with Crippen molar-refractivity contribution in [3.8, 4) is 0 Å². The van der Waals surface area contributed by atoms with Crippen molar-refractivity contribution in [2.75, 3.05) is 6.54 Å². The minimum absolute atomic E-state index is 0.0306. The van der Waals surface area contributed by atoms with Gasteiger partial charge >= 0.3 is 0 Å². The van der Waals surface area contributed by atoms with Crippen LogP contribution in [-0.4, -0.2) is 28.4 Å². The summed E-state index contributed by atoms with van der Waals surface area (Å²) in [5, 5.41) is 0. The number of carbonyl (C=O) groups is 1. The van der Waals surface area contributed by atoms with Crippen LogP contribution in [0.5, 0.6) is 0 Å². The van der Waals surface area contributed by atoms with Crippen LogP contribution in [0, 0.1) is 0 Å². The first kappa shape index (κ1) is 12.0. The predicted octanol–water partition coefficient (Wildman–Crippen LogP) is 1.97. The molecule has 1 aliphatic rings. The average Bonchev–Trinajstić information content (AvgIpc) is 2.39. The number of nitrogens with zero attached hydrogens (tertiary/aromatic N) is 1. The number of carbonyl (C=O) groups excluding carboxylic acids is 1. The van der Waals surface area contributed by atoms with Gasteiger partial charge in [-0.15, -0.1) is 0 Å². The van der Waals surface area contributed by atoms with Gasteiger partial charge in [0.1, 0.15) is 0 Å². The minimum Gasteiger partial charge on any atom is -0.392 e. The van der Waals surface area contributed by atoms with Gasteiger partial charge in [0.2, 0.25) is 0 Å². The van der Waals surface area contributed by atoms with Crippen LogP contribution >= 0.6 is 12.2 Å². The van der Waals surface area contributed by atoms with Crippen molar-refractivity contribution in [1.29, 1.82) is 0 Å². The van der Waals surface area contributed by atoms with Gasteiger partial charge < -0.3 is 10.6 Å². The van der Waals surface area contributed by atoms with Crippen LogP contribution in [-0.2, 0) is 0 Å². The van der Waals surface area contributed by atoms with Crippen LogP contribution in [0.3, 0.4) is 0 Å². The van der Waals surface area contributed by atoms with E-state index in [9.17, 15) is 4.79 Å². The first-order chi connectivity index (χ1) is 8.20. The molecule has 1 amide bonds. The third-order valence-electron chi connectivity index (χ3n) is 3.11. The number of benzene rings is 1. The van der Waals surface area contributed by atoms with E-state index in [1.54, 1.807) is 4.90 Å². The molecule has 1 saturated heterocycles. The lowest BCUT2D eigenvalue weighted by molar-refractivity contribution is 0.0681. The molecular weight excluding hydrogens is 232 g/mol. The van der Waals surface area contributed by atoms with Crippen LogP contribution < -0.4 is 5.73 Å². The lowest BCUT2D eigenvalue weighted by Crippen LogP contribution is -2.49. The van der Waals surface area contributed by atoms with Gasteiger partial charge in [0.15, 0.2) is 0 Å². The maximum atomic E-state index is 12.3. The molecule has 0 aromatic heterocycles. The average molecular weight is 248 g/mol. The molecule has 2 N–H and O–H groups in total. The Balaban J connectivity index is 2.20. The van der Waals surface area contributed by atoms with Crippen molar-refractivity contribution in [2.24, 2.45) is 5.73 Å². The highest BCUT2D eigenvalue weighted by molar-refractivity contribution is 7.80. The highest BCUT2D eigenvalue weighted by Gasteiger charge is 2.28. The van der Waals surface area contributed by atoms with Crippen molar-refractivity contribution < 1.29 is 4.79 Å². The van der Waals surface area contributed by atoms with E-state index in [0.29, 0.717) is 10.6 Å². The lowest BCUT2D eigenvalue weighted by atomic mass is 10.0. The maximum Gasteiger partial charge on any atom is 0.254 e. The number of amides is 1. The van der Waals surface area contributed by atoms with E-state index in [4.69, 9.17) is 18.0 Å². The van der Waals surface area contributed by atoms with Crippen LogP contribution in [0.4, 0.5) is 0 Å². The van der Waals surface area contributed by atoms with Crippen LogP contribution in [0.2, 0.25) is 0 Å². The fraction of sp³-hybridized carbons (Fsp3) is 0.385. The first-order valence-electron chi connectivity index (χ1n) is 5.85. The molecule has 1 heterocycles. The molecule has 3 nitrogen and oxygen atoms in total. The number of nitrogens with two attached hydrogens (primary N) is 1. The summed E-state index contributed by atoms with van der Waals surface area (Å²) in [6.45, 7) is 0.746. The van der Waals surface area contributed by atoms with E-state index < -0.39 is 0 Å². The van der Waals surface area contributed by atoms with Gasteiger partial charge in [0.25, 0.3) is 5.91 Å². The molecule has 2 rings (SSSR count). The molecule has 1 aromatic carbocycles. The number of piperidine rings is 1. The van der Waals surface area contributed by atoms with E-state index in [1.165, 1.54) is 0 Å². The molecule has 1 aliphatic heterocycles. The summed E-state index contributed by atoms with van der Waals surface area (Å²) in [5.74, 6) is 0.0306. The molecule has 0 radical (unpaired) electrons. The Morgan fingerprint density at radius 1 is 1.29 bits per heavy atom. The number of rotatable bonds is 2. The third kappa shape index (κ3) is 2.64. The standard InChI is InChI=1S/C13H16N2OS/c14-12(17)11-8-4-5-9-15(11)13(16)10-6-2-1-3-7-10/h1-3,6-7,11H,4-5,8-9H2,(H2,14,17). The molecule has 0 spiro atoms. The Labute approximate surface area is 107 Å². The zero-order valence-electron chi connectivity index (χ0n) is 9.63. The maximum absolute atomic E-state index is 12.3. The summed E-state index contributed by atoms with van der Waals surface area (Å²) in [6, 6.07) is 9.21. The summed E-state index contributed by atoms with van der Waals surface area (Å²) < 4.78 is 0. The van der Waals surface area contributed by atoms with Gasteiger partial charge in [-0.25, -0.2) is 0 Å². The molecule has 17 heavy (non-hydrogen) atoms. The van der Waals surface area contributed by atoms with Gasteiger partial charge in [-0.3, -0.25) is 4.79 Å². The third-order valence-corrected chi connectivity index (χ3v) is 3.38. The topological polar surface area (TPSA) is 46.3 Å². The number of hydrogen-bond acceptors (Lipinski definition) is 2. The Morgan fingerprint density at radius 3 is 2.65 bits per heavy atom. The quantitative estimate of drug-likeness (QED) is 0.814. The Morgan fingerprint density at radius 2 is 2.00 bits per heavy atom. The summed E-state index contributed by atoms with van der Waals surface area (Å²) in [7, 11) is 0. The summed E-state index contributed by atoms with van der Waals surface area (Å²) in [4.78, 5) is 14.6. The molecular formula is C13H16N2OS. The molecule has 0 saturated carbocycles. The zero-order chi connectivity index (χ0) is 12.3. The molecule has 0 aliphatic carbocycles. The second-order valence-corrected chi connectivity index (χ2v) is 4.75. The monoisotopic (exact) mass is 248 g/mol. The van der Waals surface area contributed by atoms with Crippen molar-refractivity contribution in [1.82, 2.24) is 4.90 Å². The smallest absolute Gasteiger partial charge is 0.254 e. The van der Waals surface area contributed by atoms with Gasteiger partial charge in [-0.05, 0) is 31.4 Å². The molecule has 90 valence electrons. The van der Waals surface area contributed by atoms with E-state index in [0.717, 1.165) is 25.8 Å². The summed E-state index contributed by atoms with van der Waals surface area (Å²) >= 11 is 5.05. The number of hydrogen-bond donors (Lipinski definition) is 1. The second kappa shape index (κ2) is 5.27. The first-order valence-corrected chi connectivity index (χ1v) is 6.26. The highest BCUT2D eigenvalue weighted by Crippen LogP contribution is 2.19. The molecule has 1 aromatic rings. The summed E-state index contributed by atoms with van der Waals surface area (Å²) in [5.41, 5.74) is 6.42. The van der Waals surface area contributed by atoms with Gasteiger partial charge in [-0.2, -0.15) is 0 Å². The van der Waals surface area contributed by atoms with Crippen molar-refractivity contribution in [3.05, 3.63) is 35.9 Å². The van der Waals surface area contributed by atoms with E-state index in [1.807, 2.05) is 30.3 Å². The SMILES string of the molecule is NC(=S)C1CCCCN1C(=O)c1ccccc1. The minimum atomic E-state index is -0.0774. The molecule has 0 bridgehead atoms. The van der Waals surface area contributed by atoms with E-state index in [-0.39, 0.29) is 11.9 Å². The van der Waals surface area contributed by atoms with Crippen molar-refractivity contribution in [2.45, 2.75) is 25.3 Å². The van der Waals surface area contributed by atoms with Crippen LogP contribution in [0.1, 0.15) is 29.6 Å². The molecule has 4 heteroatoms. The summed E-state index contributed by atoms with van der Waals surface area (Å²) in [6.07, 6.45) is 2.99. The van der Waals surface area contributed by atoms with E-state index in [2.05, 4.69) is 0 Å². The fourth-order valence-corrected chi connectivity index (χ4v) is 2.46. The van der Waals surface area contributed by atoms with Gasteiger partial charge in [-0.1, -0.05) is 30.4 Å². The van der Waals surface area contributed by atoms with E-state index >= 15 is 0 Å². The largest absolute Gasteiger partial charge is 0.392 e. The predicted molar refractivity (Wildman–Crippen MR) is 71.9 cm³/mol. The number of likely N-dealkylation sites (tertiary alicyclic amines) is 1. The highest BCUT2D eigenvalue weighted by atomic mass is 32.1. The van der Waals surface area contributed by atoms with Gasteiger partial charge in [0.05, 0.1) is 11.0 Å². The number of thiocarbonyl (C=S) groups is 1. The molecule has 1 atom stereocenters. The Bertz CT molecular complexity index is 419. The normalized spacial score (nSPS) is 20.0. The van der Waals surface area contributed by atoms with Crippen molar-refractivity contribution >= 4 is 23.1 Å². The Kier molecular flexibility index (Phi) is 3.74. The Hall–Kier alpha value is -1.42. The fourth-order valence-electron chi connectivity index (χ4n) is 2.22. The van der Waals surface area contributed by atoms with Crippen LogP contribution in [0.15, 0.2) is 30.3 Å².